The number of hydrogen-bond donors (Lipinski definition) is 1. The molecule has 0 saturated heterocycles. The summed E-state index contributed by atoms with van der Waals surface area (Å²) in [5.41, 5.74) is 1.18. The first-order valence-corrected chi connectivity index (χ1v) is 7.39. The van der Waals surface area contributed by atoms with Gasteiger partial charge in [0.2, 0.25) is 0 Å². The molecule has 2 aromatic heterocycles. The fourth-order valence-corrected chi connectivity index (χ4v) is 3.84. The van der Waals surface area contributed by atoms with E-state index in [4.69, 9.17) is 5.11 Å². The van der Waals surface area contributed by atoms with Crippen molar-refractivity contribution in [1.82, 2.24) is 9.97 Å². The summed E-state index contributed by atoms with van der Waals surface area (Å²) in [5, 5.41) is 10.5. The highest BCUT2D eigenvalue weighted by molar-refractivity contribution is 8.00. The van der Waals surface area contributed by atoms with Crippen LogP contribution in [0.1, 0.15) is 30.2 Å². The zero-order chi connectivity index (χ0) is 13.3. The summed E-state index contributed by atoms with van der Waals surface area (Å²) in [6.07, 6.45) is 1.51. The standard InChI is InChI=1S/C12H14N2O2S2/c1-6(2)10-7(3)9-11(17-4-8(15)16)13-5-14-12(9)18-10/h5-6H,4H2,1-3H3,(H,15,16). The van der Waals surface area contributed by atoms with E-state index in [2.05, 4.69) is 30.7 Å². The summed E-state index contributed by atoms with van der Waals surface area (Å²) < 4.78 is 0. The lowest BCUT2D eigenvalue weighted by atomic mass is 10.1. The molecule has 1 N–H and O–H groups in total. The maximum atomic E-state index is 10.6. The molecule has 96 valence electrons. The summed E-state index contributed by atoms with van der Waals surface area (Å²) >= 11 is 2.92. The SMILES string of the molecule is Cc1c(C(C)C)sc2ncnc(SCC(=O)O)c12. The smallest absolute Gasteiger partial charge is 0.313 e. The topological polar surface area (TPSA) is 63.1 Å². The molecule has 2 heterocycles. The van der Waals surface area contributed by atoms with E-state index in [1.165, 1.54) is 28.5 Å². The molecule has 0 aromatic carbocycles. The second kappa shape index (κ2) is 5.24. The summed E-state index contributed by atoms with van der Waals surface area (Å²) in [5.74, 6) is -0.358. The molecule has 0 saturated carbocycles. The van der Waals surface area contributed by atoms with E-state index < -0.39 is 5.97 Å². The van der Waals surface area contributed by atoms with Crippen molar-refractivity contribution >= 4 is 39.3 Å². The number of thiophene rings is 1. The number of aromatic nitrogens is 2. The Morgan fingerprint density at radius 3 is 2.83 bits per heavy atom. The third kappa shape index (κ3) is 2.49. The van der Waals surface area contributed by atoms with E-state index in [0.717, 1.165) is 15.2 Å². The molecule has 2 rings (SSSR count). The molecule has 0 aliphatic heterocycles. The first-order chi connectivity index (χ1) is 8.50. The van der Waals surface area contributed by atoms with Gasteiger partial charge in [0.1, 0.15) is 16.2 Å². The average Bonchev–Trinajstić information content (AvgIpc) is 2.65. The summed E-state index contributed by atoms with van der Waals surface area (Å²) in [6.45, 7) is 6.35. The van der Waals surface area contributed by atoms with Gasteiger partial charge in [-0.3, -0.25) is 4.79 Å². The van der Waals surface area contributed by atoms with Crippen molar-refractivity contribution < 1.29 is 9.90 Å². The molecule has 0 aliphatic carbocycles. The van der Waals surface area contributed by atoms with Crippen molar-refractivity contribution in [2.24, 2.45) is 0 Å². The van der Waals surface area contributed by atoms with E-state index >= 15 is 0 Å². The number of nitrogens with zero attached hydrogens (tertiary/aromatic N) is 2. The van der Waals surface area contributed by atoms with Crippen molar-refractivity contribution in [3.05, 3.63) is 16.8 Å². The number of thioether (sulfide) groups is 1. The molecule has 0 bridgehead atoms. The summed E-state index contributed by atoms with van der Waals surface area (Å²) in [4.78, 5) is 21.4. The van der Waals surface area contributed by atoms with Gasteiger partial charge in [0.25, 0.3) is 0 Å². The maximum Gasteiger partial charge on any atom is 0.313 e. The van der Waals surface area contributed by atoms with Gasteiger partial charge in [-0.2, -0.15) is 0 Å². The van der Waals surface area contributed by atoms with Crippen LogP contribution in [0, 0.1) is 6.92 Å². The fraction of sp³-hybridized carbons (Fsp3) is 0.417. The summed E-state index contributed by atoms with van der Waals surface area (Å²) in [6, 6.07) is 0. The molecule has 0 radical (unpaired) electrons. The molecular formula is C12H14N2O2S2. The van der Waals surface area contributed by atoms with E-state index in [-0.39, 0.29) is 5.75 Å². The van der Waals surface area contributed by atoms with Crippen LogP contribution in [-0.2, 0) is 4.79 Å². The molecule has 0 unspecified atom stereocenters. The second-order valence-electron chi connectivity index (χ2n) is 4.29. The van der Waals surface area contributed by atoms with Gasteiger partial charge in [0.15, 0.2) is 0 Å². The van der Waals surface area contributed by atoms with Crippen LogP contribution in [0.2, 0.25) is 0 Å². The number of hydrogen-bond acceptors (Lipinski definition) is 5. The van der Waals surface area contributed by atoms with Crippen LogP contribution < -0.4 is 0 Å². The lowest BCUT2D eigenvalue weighted by molar-refractivity contribution is -0.133. The number of carboxylic acids is 1. The van der Waals surface area contributed by atoms with Crippen LogP contribution in [-0.4, -0.2) is 26.8 Å². The van der Waals surface area contributed by atoms with Crippen molar-refractivity contribution in [3.8, 4) is 0 Å². The highest BCUT2D eigenvalue weighted by Gasteiger charge is 2.16. The van der Waals surface area contributed by atoms with Crippen LogP contribution in [0.15, 0.2) is 11.4 Å². The molecule has 0 spiro atoms. The van der Waals surface area contributed by atoms with E-state index in [0.29, 0.717) is 5.92 Å². The number of rotatable bonds is 4. The Morgan fingerprint density at radius 1 is 1.50 bits per heavy atom. The van der Waals surface area contributed by atoms with Gasteiger partial charge in [-0.1, -0.05) is 25.6 Å². The molecule has 0 amide bonds. The lowest BCUT2D eigenvalue weighted by Gasteiger charge is -2.03. The van der Waals surface area contributed by atoms with Crippen LogP contribution in [0.4, 0.5) is 0 Å². The van der Waals surface area contributed by atoms with Crippen molar-refractivity contribution in [3.63, 3.8) is 0 Å². The second-order valence-corrected chi connectivity index (χ2v) is 6.28. The molecule has 0 fully saturated rings. The Hall–Kier alpha value is -1.14. The van der Waals surface area contributed by atoms with Crippen molar-refractivity contribution in [2.75, 3.05) is 5.75 Å². The molecule has 6 heteroatoms. The Bertz CT molecular complexity index is 593. The van der Waals surface area contributed by atoms with Crippen molar-refractivity contribution in [2.45, 2.75) is 31.7 Å². The number of fused-ring (bicyclic) bond motifs is 1. The highest BCUT2D eigenvalue weighted by atomic mass is 32.2. The van der Waals surface area contributed by atoms with E-state index in [1.807, 2.05) is 0 Å². The third-order valence-corrected chi connectivity index (χ3v) is 5.06. The largest absolute Gasteiger partial charge is 0.481 e. The van der Waals surface area contributed by atoms with Crippen molar-refractivity contribution in [1.29, 1.82) is 0 Å². The summed E-state index contributed by atoms with van der Waals surface area (Å²) in [7, 11) is 0. The number of aryl methyl sites for hydroxylation is 1. The van der Waals surface area contributed by atoms with E-state index in [9.17, 15) is 4.79 Å². The Kier molecular flexibility index (Phi) is 3.87. The van der Waals surface area contributed by atoms with Crippen LogP contribution in [0.5, 0.6) is 0 Å². The average molecular weight is 282 g/mol. The zero-order valence-electron chi connectivity index (χ0n) is 10.4. The van der Waals surface area contributed by atoms with Gasteiger partial charge in [-0.15, -0.1) is 11.3 Å². The first kappa shape index (κ1) is 13.3. The number of aliphatic carboxylic acids is 1. The molecule has 4 nitrogen and oxygen atoms in total. The number of carbonyl (C=O) groups is 1. The minimum absolute atomic E-state index is 0.0262. The highest BCUT2D eigenvalue weighted by Crippen LogP contribution is 2.38. The van der Waals surface area contributed by atoms with E-state index in [1.54, 1.807) is 11.3 Å². The normalized spacial score (nSPS) is 11.3. The maximum absolute atomic E-state index is 10.6. The fourth-order valence-electron chi connectivity index (χ4n) is 1.85. The predicted octanol–water partition coefficient (Wildman–Crippen LogP) is 3.30. The lowest BCUT2D eigenvalue weighted by Crippen LogP contribution is -1.98. The monoisotopic (exact) mass is 282 g/mol. The predicted molar refractivity (Wildman–Crippen MR) is 74.6 cm³/mol. The third-order valence-electron chi connectivity index (χ3n) is 2.59. The van der Waals surface area contributed by atoms with Crippen LogP contribution >= 0.6 is 23.1 Å². The van der Waals surface area contributed by atoms with Gasteiger partial charge in [-0.05, 0) is 18.4 Å². The van der Waals surface area contributed by atoms with Gasteiger partial charge in [0, 0.05) is 10.3 Å². The van der Waals surface area contributed by atoms with Gasteiger partial charge in [0.05, 0.1) is 5.75 Å². The zero-order valence-corrected chi connectivity index (χ0v) is 12.1. The molecule has 2 aromatic rings. The van der Waals surface area contributed by atoms with Crippen LogP contribution in [0.3, 0.4) is 0 Å². The van der Waals surface area contributed by atoms with Gasteiger partial charge < -0.3 is 5.11 Å². The molecular weight excluding hydrogens is 268 g/mol. The molecule has 18 heavy (non-hydrogen) atoms. The van der Waals surface area contributed by atoms with Gasteiger partial charge >= 0.3 is 5.97 Å². The minimum Gasteiger partial charge on any atom is -0.481 e. The number of carboxylic acid groups (broad SMARTS) is 1. The quantitative estimate of drug-likeness (QED) is 0.688. The minimum atomic E-state index is -0.830. The molecule has 0 aliphatic rings. The van der Waals surface area contributed by atoms with Crippen LogP contribution in [0.25, 0.3) is 10.2 Å². The van der Waals surface area contributed by atoms with Gasteiger partial charge in [-0.25, -0.2) is 9.97 Å². The Balaban J connectivity index is 2.50. The molecule has 0 atom stereocenters. The Morgan fingerprint density at radius 2 is 2.22 bits per heavy atom. The Labute approximate surface area is 113 Å². The first-order valence-electron chi connectivity index (χ1n) is 5.59.